The Morgan fingerprint density at radius 1 is 1.32 bits per heavy atom. The van der Waals surface area contributed by atoms with Gasteiger partial charge in [0.05, 0.1) is 7.11 Å². The lowest BCUT2D eigenvalue weighted by Gasteiger charge is -2.25. The van der Waals surface area contributed by atoms with E-state index in [1.54, 1.807) is 0 Å². The summed E-state index contributed by atoms with van der Waals surface area (Å²) in [7, 11) is 1.30. The first kappa shape index (κ1) is 17.6. The fourth-order valence-electron chi connectivity index (χ4n) is 1.47. The van der Waals surface area contributed by atoms with Crippen molar-refractivity contribution in [1.29, 1.82) is 0 Å². The Bertz CT molecular complexity index is 302. The van der Waals surface area contributed by atoms with Gasteiger partial charge in [0.25, 0.3) is 0 Å². The third kappa shape index (κ3) is 6.97. The highest BCUT2D eigenvalue weighted by Gasteiger charge is 2.38. The molecule has 1 unspecified atom stereocenters. The fraction of sp³-hybridized carbons (Fsp3) is 0.800. The van der Waals surface area contributed by atoms with Crippen LogP contribution in [0, 0.1) is 5.92 Å². The number of alkyl halides is 3. The molecule has 1 aliphatic heterocycles. The molecule has 112 valence electrons. The highest BCUT2D eigenvalue weighted by molar-refractivity contribution is 5.74. The summed E-state index contributed by atoms with van der Waals surface area (Å²) in [6.45, 7) is 1.75. The number of hydrogen-bond donors (Lipinski definition) is 3. The number of ether oxygens (including phenoxy) is 1. The van der Waals surface area contributed by atoms with Crippen LogP contribution in [0.25, 0.3) is 0 Å². The highest BCUT2D eigenvalue weighted by Crippen LogP contribution is 2.16. The average Bonchev–Trinajstić information content (AvgIpc) is 2.37. The second-order valence-corrected chi connectivity index (χ2v) is 3.86. The monoisotopic (exact) mass is 287 g/mol. The molecule has 9 heteroatoms. The number of piperidine rings is 1. The Morgan fingerprint density at radius 2 is 1.74 bits per heavy atom. The summed E-state index contributed by atoms with van der Waals surface area (Å²) in [4.78, 5) is 19.8. The number of methoxy groups -OCH3 is 1. The molecule has 0 amide bonds. The summed E-state index contributed by atoms with van der Waals surface area (Å²) in [5, 5.41) is 19.7. The minimum absolute atomic E-state index is 0.0682. The third-order valence-electron chi connectivity index (χ3n) is 2.52. The topological polar surface area (TPSA) is 95.9 Å². The van der Waals surface area contributed by atoms with E-state index in [0.29, 0.717) is 0 Å². The first-order valence-corrected chi connectivity index (χ1v) is 5.46. The third-order valence-corrected chi connectivity index (χ3v) is 2.52. The molecule has 1 rings (SSSR count). The van der Waals surface area contributed by atoms with Gasteiger partial charge in [-0.2, -0.15) is 13.2 Å². The van der Waals surface area contributed by atoms with Gasteiger partial charge in [-0.3, -0.25) is 0 Å². The fourth-order valence-corrected chi connectivity index (χ4v) is 1.47. The van der Waals surface area contributed by atoms with Crippen molar-refractivity contribution in [2.45, 2.75) is 25.1 Å². The molecule has 1 atom stereocenters. The summed E-state index contributed by atoms with van der Waals surface area (Å²) in [5.74, 6) is -3.20. The lowest BCUT2D eigenvalue weighted by molar-refractivity contribution is -0.192. The number of halogens is 3. The van der Waals surface area contributed by atoms with E-state index in [2.05, 4.69) is 10.1 Å². The van der Waals surface area contributed by atoms with Gasteiger partial charge >= 0.3 is 18.1 Å². The van der Waals surface area contributed by atoms with Crippen LogP contribution in [-0.4, -0.2) is 54.6 Å². The van der Waals surface area contributed by atoms with Crippen molar-refractivity contribution in [3.63, 3.8) is 0 Å². The Balaban J connectivity index is 0.000000399. The predicted octanol–water partition coefficient (Wildman–Crippen LogP) is 0.153. The van der Waals surface area contributed by atoms with Crippen LogP contribution in [0.3, 0.4) is 0 Å². The van der Waals surface area contributed by atoms with Crippen LogP contribution in [0.1, 0.15) is 12.8 Å². The quantitative estimate of drug-likeness (QED) is 0.626. The molecule has 3 N–H and O–H groups in total. The van der Waals surface area contributed by atoms with Crippen LogP contribution >= 0.6 is 0 Å². The van der Waals surface area contributed by atoms with Gasteiger partial charge in [0.15, 0.2) is 6.10 Å². The molecule has 0 radical (unpaired) electrons. The van der Waals surface area contributed by atoms with Crippen LogP contribution in [0.5, 0.6) is 0 Å². The molecule has 6 nitrogen and oxygen atoms in total. The first-order chi connectivity index (χ1) is 8.70. The van der Waals surface area contributed by atoms with Gasteiger partial charge < -0.3 is 20.3 Å². The second-order valence-electron chi connectivity index (χ2n) is 3.86. The van der Waals surface area contributed by atoms with Gasteiger partial charge in [-0.1, -0.05) is 0 Å². The summed E-state index contributed by atoms with van der Waals surface area (Å²) in [6.07, 6.45) is -4.33. The zero-order valence-corrected chi connectivity index (χ0v) is 10.2. The Hall–Kier alpha value is -1.35. The number of rotatable bonds is 2. The standard InChI is InChI=1S/C8H15NO3.C2HF3O2/c1-12-8(11)7(10)6-2-4-9-5-3-6;3-2(4,5)1(6)7/h6-7,9-10H,2-5H2,1H3;(H,6,7). The largest absolute Gasteiger partial charge is 0.490 e. The van der Waals surface area contributed by atoms with Crippen molar-refractivity contribution in [1.82, 2.24) is 5.32 Å². The summed E-state index contributed by atoms with van der Waals surface area (Å²) >= 11 is 0. The van der Waals surface area contributed by atoms with Gasteiger partial charge in [0.1, 0.15) is 0 Å². The molecule has 0 aromatic carbocycles. The zero-order chi connectivity index (χ0) is 15.1. The molecule has 1 aliphatic rings. The van der Waals surface area contributed by atoms with E-state index in [9.17, 15) is 23.1 Å². The normalized spacial score (nSPS) is 17.9. The number of carbonyl (C=O) groups excluding carboxylic acids is 1. The van der Waals surface area contributed by atoms with Gasteiger partial charge in [0, 0.05) is 0 Å². The van der Waals surface area contributed by atoms with Crippen molar-refractivity contribution >= 4 is 11.9 Å². The number of esters is 1. The van der Waals surface area contributed by atoms with Gasteiger partial charge in [-0.25, -0.2) is 9.59 Å². The van der Waals surface area contributed by atoms with Gasteiger partial charge in [-0.15, -0.1) is 0 Å². The molecule has 0 spiro atoms. The number of carboxylic acid groups (broad SMARTS) is 1. The lowest BCUT2D eigenvalue weighted by atomic mass is 9.92. The molecule has 19 heavy (non-hydrogen) atoms. The van der Waals surface area contributed by atoms with Crippen LogP contribution in [-0.2, 0) is 14.3 Å². The maximum Gasteiger partial charge on any atom is 0.490 e. The van der Waals surface area contributed by atoms with E-state index in [1.165, 1.54) is 7.11 Å². The number of hydrogen-bond acceptors (Lipinski definition) is 5. The van der Waals surface area contributed by atoms with E-state index in [4.69, 9.17) is 9.90 Å². The van der Waals surface area contributed by atoms with E-state index < -0.39 is 24.2 Å². The van der Waals surface area contributed by atoms with E-state index in [-0.39, 0.29) is 5.92 Å². The number of aliphatic hydroxyl groups excluding tert-OH is 1. The molecule has 0 saturated carbocycles. The van der Waals surface area contributed by atoms with E-state index >= 15 is 0 Å². The smallest absolute Gasteiger partial charge is 0.475 e. The highest BCUT2D eigenvalue weighted by atomic mass is 19.4. The van der Waals surface area contributed by atoms with Crippen LogP contribution in [0.4, 0.5) is 13.2 Å². The molecule has 0 aliphatic carbocycles. The second kappa shape index (κ2) is 7.95. The molecule has 0 aromatic rings. The van der Waals surface area contributed by atoms with Crippen LogP contribution in [0.2, 0.25) is 0 Å². The average molecular weight is 287 g/mol. The number of aliphatic hydroxyl groups is 1. The Morgan fingerprint density at radius 3 is 2.05 bits per heavy atom. The van der Waals surface area contributed by atoms with Crippen molar-refractivity contribution < 1.29 is 37.7 Å². The van der Waals surface area contributed by atoms with Crippen molar-refractivity contribution in [2.24, 2.45) is 5.92 Å². The maximum absolute atomic E-state index is 10.9. The van der Waals surface area contributed by atoms with Crippen molar-refractivity contribution in [3.05, 3.63) is 0 Å². The minimum Gasteiger partial charge on any atom is -0.475 e. The van der Waals surface area contributed by atoms with E-state index in [0.717, 1.165) is 25.9 Å². The molecule has 0 aromatic heterocycles. The molecule has 1 saturated heterocycles. The summed E-state index contributed by atoms with van der Waals surface area (Å²) in [5.41, 5.74) is 0. The molecule has 0 bridgehead atoms. The number of carbonyl (C=O) groups is 2. The maximum atomic E-state index is 10.9. The lowest BCUT2D eigenvalue weighted by Crippen LogP contribution is -2.38. The van der Waals surface area contributed by atoms with Gasteiger partial charge in [-0.05, 0) is 31.8 Å². The Labute approximate surface area is 107 Å². The van der Waals surface area contributed by atoms with Gasteiger partial charge in [0.2, 0.25) is 0 Å². The van der Waals surface area contributed by atoms with E-state index in [1.807, 2.05) is 0 Å². The van der Waals surface area contributed by atoms with Crippen molar-refractivity contribution in [2.75, 3.05) is 20.2 Å². The predicted molar refractivity (Wildman–Crippen MR) is 57.3 cm³/mol. The summed E-state index contributed by atoms with van der Waals surface area (Å²) < 4.78 is 36.2. The minimum atomic E-state index is -5.08. The number of nitrogens with one attached hydrogen (secondary N) is 1. The molecular weight excluding hydrogens is 271 g/mol. The first-order valence-electron chi connectivity index (χ1n) is 5.46. The molecule has 1 fully saturated rings. The zero-order valence-electron chi connectivity index (χ0n) is 10.2. The van der Waals surface area contributed by atoms with Crippen LogP contribution < -0.4 is 5.32 Å². The van der Waals surface area contributed by atoms with Crippen LogP contribution in [0.15, 0.2) is 0 Å². The van der Waals surface area contributed by atoms with Crippen molar-refractivity contribution in [3.8, 4) is 0 Å². The summed E-state index contributed by atoms with van der Waals surface area (Å²) in [6, 6.07) is 0. The SMILES string of the molecule is COC(=O)C(O)C1CCNCC1.O=C(O)C(F)(F)F. The number of aliphatic carboxylic acids is 1. The number of carboxylic acids is 1. The Kier molecular flexibility index (Phi) is 7.38. The molecule has 1 heterocycles. The molecular formula is C10H16F3NO5.